The number of benzene rings is 1. The molecule has 12 heteroatoms. The van der Waals surface area contributed by atoms with E-state index in [1.165, 1.54) is 19.1 Å². The molecule has 12 nitrogen and oxygen atoms in total. The van der Waals surface area contributed by atoms with Crippen LogP contribution in [0.25, 0.3) is 11.0 Å². The van der Waals surface area contributed by atoms with E-state index in [0.717, 1.165) is 0 Å². The Morgan fingerprint density at radius 3 is 2.68 bits per heavy atom. The van der Waals surface area contributed by atoms with E-state index in [9.17, 15) is 19.8 Å². The number of carbonyl (C=O) groups is 1. The Morgan fingerprint density at radius 2 is 2.02 bits per heavy atom. The van der Waals surface area contributed by atoms with Crippen molar-refractivity contribution in [2.24, 2.45) is 11.1 Å². The lowest BCUT2D eigenvalue weighted by atomic mass is 9.79. The van der Waals surface area contributed by atoms with Crippen LogP contribution in [-0.4, -0.2) is 59.3 Å². The molecule has 1 aliphatic rings. The molecule has 1 aromatic carbocycles. The monoisotopic (exact) mass is 568 g/mol. The van der Waals surface area contributed by atoms with Gasteiger partial charge in [0.25, 0.3) is 0 Å². The van der Waals surface area contributed by atoms with Crippen molar-refractivity contribution in [3.63, 3.8) is 0 Å². The van der Waals surface area contributed by atoms with Gasteiger partial charge in [0.15, 0.2) is 12.7 Å². The first-order valence-corrected chi connectivity index (χ1v) is 12.5. The molecule has 5 atom stereocenters. The summed E-state index contributed by atoms with van der Waals surface area (Å²) in [6.07, 6.45) is 7.36. The molecule has 1 saturated heterocycles. The number of amides is 1. The molecule has 1 aromatic heterocycles. The van der Waals surface area contributed by atoms with Crippen LogP contribution in [0.1, 0.15) is 38.3 Å². The lowest BCUT2D eigenvalue weighted by Gasteiger charge is -2.48. The molecule has 0 aliphatic carbocycles. The van der Waals surface area contributed by atoms with Gasteiger partial charge in [0, 0.05) is 11.5 Å². The highest BCUT2D eigenvalue weighted by atomic mass is 16.7. The summed E-state index contributed by atoms with van der Waals surface area (Å²) >= 11 is 0. The summed E-state index contributed by atoms with van der Waals surface area (Å²) in [6.45, 7) is 10.0. The molecule has 2 heterocycles. The summed E-state index contributed by atoms with van der Waals surface area (Å²) < 4.78 is 23.3. The van der Waals surface area contributed by atoms with Crippen LogP contribution in [0.5, 0.6) is 11.5 Å². The molecule has 1 amide bonds. The van der Waals surface area contributed by atoms with Crippen LogP contribution in [0, 0.1) is 37.5 Å². The Labute approximate surface area is 236 Å². The second kappa shape index (κ2) is 13.2. The first-order chi connectivity index (χ1) is 19.5. The fraction of sp³-hybridized carbons (Fsp3) is 0.414. The minimum atomic E-state index is -1.32. The third-order valence-electron chi connectivity index (χ3n) is 6.77. The molecule has 4 unspecified atom stereocenters. The van der Waals surface area contributed by atoms with E-state index in [0.29, 0.717) is 12.0 Å². The molecule has 3 N–H and O–H groups in total. The standard InChI is InChI=1S/C29H32N2O10/c1-8-13-29(7)17(5)22(32)25(40-28(35)31-37-15-10-3)27(41-29)38-20-12-11-19-23(33)21(18(6)30-36-14-9-2)26(34)39-24(19)16(20)4/h2-3,8,11-12,17,22,25,27,32-33H,1,13-15H2,4-7H3,(H,31,35)/b30-18+/t17?,22?,25?,27?,29-/m0/s1. The van der Waals surface area contributed by atoms with Gasteiger partial charge in [-0.3, -0.25) is 4.84 Å². The number of carbonyl (C=O) groups excluding carboxylic acids is 1. The van der Waals surface area contributed by atoms with Crippen molar-refractivity contribution in [2.45, 2.75) is 58.2 Å². The molecule has 1 aliphatic heterocycles. The maximum atomic E-state index is 12.8. The van der Waals surface area contributed by atoms with Gasteiger partial charge in [-0.2, -0.15) is 5.48 Å². The van der Waals surface area contributed by atoms with Gasteiger partial charge in [-0.1, -0.05) is 30.0 Å². The van der Waals surface area contributed by atoms with Crippen molar-refractivity contribution in [1.82, 2.24) is 5.48 Å². The predicted octanol–water partition coefficient (Wildman–Crippen LogP) is 2.91. The summed E-state index contributed by atoms with van der Waals surface area (Å²) in [7, 11) is 0. The average Bonchev–Trinajstić information content (AvgIpc) is 2.92. The Hall–Kier alpha value is -4.49. The van der Waals surface area contributed by atoms with E-state index in [-0.39, 0.29) is 47.0 Å². The van der Waals surface area contributed by atoms with Gasteiger partial charge in [0.1, 0.15) is 35.4 Å². The third-order valence-corrected chi connectivity index (χ3v) is 6.77. The molecule has 0 spiro atoms. The van der Waals surface area contributed by atoms with Crippen LogP contribution in [0.15, 0.2) is 39.2 Å². The van der Waals surface area contributed by atoms with E-state index in [4.69, 9.17) is 41.1 Å². The summed E-state index contributed by atoms with van der Waals surface area (Å²) in [4.78, 5) is 34.8. The summed E-state index contributed by atoms with van der Waals surface area (Å²) in [5.74, 6) is 3.71. The first kappa shape index (κ1) is 31.0. The molecule has 0 bridgehead atoms. The third kappa shape index (κ3) is 6.64. The normalized spacial score (nSPS) is 24.1. The smallest absolute Gasteiger partial charge is 0.431 e. The highest BCUT2D eigenvalue weighted by Crippen LogP contribution is 2.40. The first-order valence-electron chi connectivity index (χ1n) is 12.5. The number of hydrogen-bond acceptors (Lipinski definition) is 11. The number of aliphatic hydroxyl groups is 1. The number of hydroxylamine groups is 1. The fourth-order valence-corrected chi connectivity index (χ4v) is 4.42. The number of aryl methyl sites for hydroxylation is 1. The molecule has 218 valence electrons. The number of nitrogens with zero attached hydrogens (tertiary/aromatic N) is 1. The number of oxime groups is 1. The zero-order valence-corrected chi connectivity index (χ0v) is 23.1. The topological polar surface area (TPSA) is 158 Å². The van der Waals surface area contributed by atoms with E-state index >= 15 is 0 Å². The summed E-state index contributed by atoms with van der Waals surface area (Å²) in [5, 5.41) is 26.0. The van der Waals surface area contributed by atoms with Crippen LogP contribution < -0.4 is 15.8 Å². The van der Waals surface area contributed by atoms with E-state index in [2.05, 4.69) is 23.6 Å². The lowest BCUT2D eigenvalue weighted by molar-refractivity contribution is -0.289. The van der Waals surface area contributed by atoms with E-state index in [1.54, 1.807) is 26.8 Å². The Kier molecular flexibility index (Phi) is 10.0. The largest absolute Gasteiger partial charge is 0.506 e. The van der Waals surface area contributed by atoms with Gasteiger partial charge < -0.3 is 33.7 Å². The molecule has 3 rings (SSSR count). The number of rotatable bonds is 10. The van der Waals surface area contributed by atoms with Gasteiger partial charge in [-0.05, 0) is 39.3 Å². The van der Waals surface area contributed by atoms with Crippen LogP contribution in [0.3, 0.4) is 0 Å². The van der Waals surface area contributed by atoms with Gasteiger partial charge in [0.2, 0.25) is 6.29 Å². The van der Waals surface area contributed by atoms with Gasteiger partial charge in [0.05, 0.1) is 16.7 Å². The van der Waals surface area contributed by atoms with Crippen LogP contribution in [-0.2, 0) is 19.1 Å². The van der Waals surface area contributed by atoms with Crippen LogP contribution in [0.4, 0.5) is 4.79 Å². The predicted molar refractivity (Wildman–Crippen MR) is 148 cm³/mol. The Morgan fingerprint density at radius 1 is 1.32 bits per heavy atom. The van der Waals surface area contributed by atoms with E-state index < -0.39 is 41.7 Å². The van der Waals surface area contributed by atoms with Gasteiger partial charge >= 0.3 is 11.7 Å². The highest BCUT2D eigenvalue weighted by molar-refractivity contribution is 6.04. The Bertz CT molecular complexity index is 1470. The number of hydrogen-bond donors (Lipinski definition) is 3. The van der Waals surface area contributed by atoms with Crippen molar-refractivity contribution in [3.05, 3.63) is 46.3 Å². The number of aromatic hydroxyl groups is 1. The molecule has 0 radical (unpaired) electrons. The van der Waals surface area contributed by atoms with Crippen LogP contribution in [0.2, 0.25) is 0 Å². The number of terminal acetylenes is 2. The van der Waals surface area contributed by atoms with Gasteiger partial charge in [-0.25, -0.2) is 9.59 Å². The Balaban J connectivity index is 2.00. The summed E-state index contributed by atoms with van der Waals surface area (Å²) in [6, 6.07) is 2.98. The van der Waals surface area contributed by atoms with Crippen molar-refractivity contribution < 1.29 is 43.3 Å². The lowest BCUT2D eigenvalue weighted by Crippen LogP contribution is -2.62. The fourth-order valence-electron chi connectivity index (χ4n) is 4.42. The second-order valence-electron chi connectivity index (χ2n) is 9.49. The average molecular weight is 569 g/mol. The number of ether oxygens (including phenoxy) is 3. The van der Waals surface area contributed by atoms with E-state index in [1.807, 2.05) is 5.48 Å². The van der Waals surface area contributed by atoms with Crippen molar-refractivity contribution in [3.8, 4) is 36.2 Å². The van der Waals surface area contributed by atoms with Crippen molar-refractivity contribution in [2.75, 3.05) is 13.2 Å². The minimum Gasteiger partial charge on any atom is -0.506 e. The van der Waals surface area contributed by atoms with Gasteiger partial charge in [-0.15, -0.1) is 19.4 Å². The summed E-state index contributed by atoms with van der Waals surface area (Å²) in [5.41, 5.74) is 0.440. The van der Waals surface area contributed by atoms with Crippen molar-refractivity contribution in [1.29, 1.82) is 0 Å². The molecule has 2 aromatic rings. The molecule has 41 heavy (non-hydrogen) atoms. The maximum absolute atomic E-state index is 12.8. The van der Waals surface area contributed by atoms with Crippen LogP contribution >= 0.6 is 0 Å². The number of aliphatic hydroxyl groups excluding tert-OH is 1. The minimum absolute atomic E-state index is 0.0302. The van der Waals surface area contributed by atoms with Crippen molar-refractivity contribution >= 4 is 22.8 Å². The SMILES string of the molecule is C#CCO/N=C(\C)c1c(O)c2ccc(OC3O[C@@](C)(CC=C)C(C)C(O)C3OC(=O)NOCC#C)c(C)c2oc1=O. The molecular formula is C29H32N2O10. The number of fused-ring (bicyclic) bond motifs is 1. The molecule has 1 fully saturated rings. The number of nitrogens with one attached hydrogen (secondary N) is 1. The molecular weight excluding hydrogens is 536 g/mol. The zero-order valence-electron chi connectivity index (χ0n) is 23.1. The zero-order chi connectivity index (χ0) is 30.3. The quantitative estimate of drug-likeness (QED) is 0.0972. The second-order valence-corrected chi connectivity index (χ2v) is 9.49. The maximum Gasteiger partial charge on any atom is 0.431 e. The molecule has 0 saturated carbocycles. The highest BCUT2D eigenvalue weighted by Gasteiger charge is 2.52.